The maximum absolute atomic E-state index is 11.5. The first kappa shape index (κ1) is 14.3. The number of methoxy groups -OCH3 is 1. The maximum atomic E-state index is 11.5. The van der Waals surface area contributed by atoms with Crippen molar-refractivity contribution in [2.24, 2.45) is 11.1 Å². The molecule has 0 aromatic heterocycles. The van der Waals surface area contributed by atoms with Crippen LogP contribution in [-0.4, -0.2) is 18.4 Å². The van der Waals surface area contributed by atoms with Crippen molar-refractivity contribution in [3.05, 3.63) is 24.3 Å². The number of halogens is 1. The standard InChI is InChI=1S/C12H15ClN2O3/c1-8(2)11(13)15-18-12(16)14-9-6-4-5-7-10(9)17-3/h4-8H,1-3H3,(H,14,16). The SMILES string of the molecule is COc1ccccc1NC(=O)ON=C(Cl)C(C)C. The lowest BCUT2D eigenvalue weighted by molar-refractivity contribution is 0.166. The lowest BCUT2D eigenvalue weighted by atomic mass is 10.2. The number of nitrogens with zero attached hydrogens (tertiary/aromatic N) is 1. The molecular weight excluding hydrogens is 256 g/mol. The van der Waals surface area contributed by atoms with Gasteiger partial charge in [-0.3, -0.25) is 10.2 Å². The average molecular weight is 271 g/mol. The van der Waals surface area contributed by atoms with Gasteiger partial charge in [-0.15, -0.1) is 0 Å². The first-order valence-electron chi connectivity index (χ1n) is 5.39. The Bertz CT molecular complexity index is 447. The lowest BCUT2D eigenvalue weighted by Crippen LogP contribution is -2.13. The summed E-state index contributed by atoms with van der Waals surface area (Å²) >= 11 is 5.74. The largest absolute Gasteiger partial charge is 0.495 e. The summed E-state index contributed by atoms with van der Waals surface area (Å²) in [5.74, 6) is 0.541. The Balaban J connectivity index is 2.63. The van der Waals surface area contributed by atoms with Crippen LogP contribution >= 0.6 is 11.6 Å². The Kier molecular flexibility index (Phi) is 5.45. The van der Waals surface area contributed by atoms with Crippen molar-refractivity contribution < 1.29 is 14.4 Å². The molecule has 0 aliphatic heterocycles. The van der Waals surface area contributed by atoms with Crippen LogP contribution in [0.3, 0.4) is 0 Å². The molecule has 1 aromatic carbocycles. The number of ether oxygens (including phenoxy) is 1. The van der Waals surface area contributed by atoms with Crippen LogP contribution in [0.5, 0.6) is 5.75 Å². The highest BCUT2D eigenvalue weighted by atomic mass is 35.5. The van der Waals surface area contributed by atoms with Crippen LogP contribution in [-0.2, 0) is 4.84 Å². The summed E-state index contributed by atoms with van der Waals surface area (Å²) in [6.45, 7) is 3.68. The predicted octanol–water partition coefficient (Wildman–Crippen LogP) is 3.45. The van der Waals surface area contributed by atoms with Gasteiger partial charge < -0.3 is 4.74 Å². The molecular formula is C12H15ClN2O3. The second-order valence-electron chi connectivity index (χ2n) is 3.77. The first-order valence-corrected chi connectivity index (χ1v) is 5.76. The smallest absolute Gasteiger partial charge is 0.437 e. The number of carbonyl (C=O) groups excluding carboxylic acids is 1. The van der Waals surface area contributed by atoms with Gasteiger partial charge in [0, 0.05) is 5.92 Å². The van der Waals surface area contributed by atoms with Gasteiger partial charge >= 0.3 is 6.09 Å². The summed E-state index contributed by atoms with van der Waals surface area (Å²) in [5, 5.41) is 6.24. The molecule has 0 saturated heterocycles. The van der Waals surface area contributed by atoms with Gasteiger partial charge in [-0.2, -0.15) is 0 Å². The molecule has 0 aliphatic carbocycles. The molecule has 0 aliphatic rings. The van der Waals surface area contributed by atoms with Crippen LogP contribution in [0.2, 0.25) is 0 Å². The van der Waals surface area contributed by atoms with Crippen LogP contribution in [0.4, 0.5) is 10.5 Å². The fourth-order valence-corrected chi connectivity index (χ4v) is 1.11. The number of hydrogen-bond donors (Lipinski definition) is 1. The topological polar surface area (TPSA) is 59.9 Å². The minimum Gasteiger partial charge on any atom is -0.495 e. The Morgan fingerprint density at radius 3 is 2.67 bits per heavy atom. The van der Waals surface area contributed by atoms with E-state index in [0.717, 1.165) is 0 Å². The number of carbonyl (C=O) groups is 1. The van der Waals surface area contributed by atoms with E-state index in [1.807, 2.05) is 13.8 Å². The van der Waals surface area contributed by atoms with Gasteiger partial charge in [0.2, 0.25) is 0 Å². The number of oxime groups is 1. The number of nitrogens with one attached hydrogen (secondary N) is 1. The molecule has 0 atom stereocenters. The van der Waals surface area contributed by atoms with E-state index >= 15 is 0 Å². The van der Waals surface area contributed by atoms with E-state index in [0.29, 0.717) is 11.4 Å². The molecule has 0 saturated carbocycles. The summed E-state index contributed by atoms with van der Waals surface area (Å²) < 4.78 is 5.08. The molecule has 1 aromatic rings. The lowest BCUT2D eigenvalue weighted by Gasteiger charge is -2.08. The molecule has 1 rings (SSSR count). The fourth-order valence-electron chi connectivity index (χ4n) is 1.07. The van der Waals surface area contributed by atoms with Crippen molar-refractivity contribution in [1.82, 2.24) is 0 Å². The maximum Gasteiger partial charge on any atom is 0.437 e. The minimum absolute atomic E-state index is 0.00530. The average Bonchev–Trinajstić information content (AvgIpc) is 2.36. The third-order valence-corrected chi connectivity index (χ3v) is 2.54. The van der Waals surface area contributed by atoms with E-state index in [1.54, 1.807) is 24.3 Å². The summed E-state index contributed by atoms with van der Waals surface area (Å²) in [4.78, 5) is 16.1. The Labute approximate surface area is 111 Å². The predicted molar refractivity (Wildman–Crippen MR) is 71.2 cm³/mol. The van der Waals surface area contributed by atoms with Gasteiger partial charge in [0.25, 0.3) is 0 Å². The number of hydrogen-bond acceptors (Lipinski definition) is 4. The van der Waals surface area contributed by atoms with Crippen molar-refractivity contribution >= 4 is 28.6 Å². The molecule has 1 amide bonds. The zero-order valence-electron chi connectivity index (χ0n) is 10.4. The molecule has 18 heavy (non-hydrogen) atoms. The van der Waals surface area contributed by atoms with Crippen LogP contribution in [0, 0.1) is 5.92 Å². The van der Waals surface area contributed by atoms with Crippen molar-refractivity contribution in [3.63, 3.8) is 0 Å². The van der Waals surface area contributed by atoms with Crippen LogP contribution in [0.1, 0.15) is 13.8 Å². The molecule has 0 fully saturated rings. The van der Waals surface area contributed by atoms with Gasteiger partial charge in [-0.25, -0.2) is 4.79 Å². The van der Waals surface area contributed by atoms with E-state index in [-0.39, 0.29) is 11.1 Å². The molecule has 5 nitrogen and oxygen atoms in total. The molecule has 0 unspecified atom stereocenters. The fraction of sp³-hybridized carbons (Fsp3) is 0.333. The molecule has 0 heterocycles. The zero-order valence-corrected chi connectivity index (χ0v) is 11.2. The van der Waals surface area contributed by atoms with Gasteiger partial charge in [-0.05, 0) is 12.1 Å². The highest BCUT2D eigenvalue weighted by Gasteiger charge is 2.08. The van der Waals surface area contributed by atoms with Gasteiger partial charge in [0.05, 0.1) is 12.8 Å². The second-order valence-corrected chi connectivity index (χ2v) is 4.16. The summed E-state index contributed by atoms with van der Waals surface area (Å²) in [6, 6.07) is 6.97. The molecule has 98 valence electrons. The molecule has 6 heteroatoms. The highest BCUT2D eigenvalue weighted by Crippen LogP contribution is 2.23. The molecule has 0 spiro atoms. The molecule has 0 bridgehead atoms. The Morgan fingerprint density at radius 1 is 1.39 bits per heavy atom. The quantitative estimate of drug-likeness (QED) is 0.518. The minimum atomic E-state index is -0.724. The Hall–Kier alpha value is -1.75. The van der Waals surface area contributed by atoms with E-state index in [4.69, 9.17) is 16.3 Å². The van der Waals surface area contributed by atoms with Crippen molar-refractivity contribution in [2.75, 3.05) is 12.4 Å². The number of rotatable bonds is 4. The monoisotopic (exact) mass is 270 g/mol. The second kappa shape index (κ2) is 6.86. The van der Waals surface area contributed by atoms with Crippen LogP contribution in [0.25, 0.3) is 0 Å². The molecule has 1 N–H and O–H groups in total. The Morgan fingerprint density at radius 2 is 2.06 bits per heavy atom. The third kappa shape index (κ3) is 4.25. The van der Waals surface area contributed by atoms with Crippen LogP contribution < -0.4 is 10.1 Å². The van der Waals surface area contributed by atoms with Crippen LogP contribution in [0.15, 0.2) is 29.4 Å². The number of benzene rings is 1. The third-order valence-electron chi connectivity index (χ3n) is 2.04. The number of amides is 1. The first-order chi connectivity index (χ1) is 8.54. The van der Waals surface area contributed by atoms with Crippen molar-refractivity contribution in [3.8, 4) is 5.75 Å². The summed E-state index contributed by atoms with van der Waals surface area (Å²) in [5.41, 5.74) is 0.501. The molecule has 0 radical (unpaired) electrons. The van der Waals surface area contributed by atoms with Gasteiger partial charge in [-0.1, -0.05) is 42.7 Å². The zero-order chi connectivity index (χ0) is 13.5. The van der Waals surface area contributed by atoms with E-state index < -0.39 is 6.09 Å². The number of para-hydroxylation sites is 2. The van der Waals surface area contributed by atoms with Gasteiger partial charge in [0.15, 0.2) is 0 Å². The summed E-state index contributed by atoms with van der Waals surface area (Å²) in [6.07, 6.45) is -0.724. The summed E-state index contributed by atoms with van der Waals surface area (Å²) in [7, 11) is 1.51. The normalized spacial score (nSPS) is 11.3. The van der Waals surface area contributed by atoms with E-state index in [9.17, 15) is 4.79 Å². The van der Waals surface area contributed by atoms with Gasteiger partial charge in [0.1, 0.15) is 10.9 Å². The van der Waals surface area contributed by atoms with Crippen molar-refractivity contribution in [1.29, 1.82) is 0 Å². The number of anilines is 1. The highest BCUT2D eigenvalue weighted by molar-refractivity contribution is 6.65. The van der Waals surface area contributed by atoms with E-state index in [1.165, 1.54) is 7.11 Å². The van der Waals surface area contributed by atoms with Crippen molar-refractivity contribution in [2.45, 2.75) is 13.8 Å². The van der Waals surface area contributed by atoms with E-state index in [2.05, 4.69) is 15.3 Å².